The van der Waals surface area contributed by atoms with E-state index in [0.717, 1.165) is 12.8 Å². The molecule has 1 aliphatic rings. The van der Waals surface area contributed by atoms with E-state index >= 15 is 0 Å². The molecule has 0 bridgehead atoms. The van der Waals surface area contributed by atoms with Crippen LogP contribution in [0.5, 0.6) is 0 Å². The predicted molar refractivity (Wildman–Crippen MR) is 85.1 cm³/mol. The lowest BCUT2D eigenvalue weighted by atomic mass is 9.74. The Kier molecular flexibility index (Phi) is 3.62. The number of aryl methyl sites for hydroxylation is 2. The van der Waals surface area contributed by atoms with Gasteiger partial charge in [0.05, 0.1) is 0 Å². The zero-order valence-corrected chi connectivity index (χ0v) is 12.4. The molecule has 0 aromatic heterocycles. The molecule has 3 rings (SSSR count). The molecule has 0 saturated carbocycles. The molecule has 2 aromatic rings. The number of benzene rings is 2. The second kappa shape index (κ2) is 5.41. The van der Waals surface area contributed by atoms with Crippen LogP contribution in [0.25, 0.3) is 0 Å². The Morgan fingerprint density at radius 3 is 2.75 bits per heavy atom. The molecule has 2 atom stereocenters. The van der Waals surface area contributed by atoms with Crippen LogP contribution in [0, 0.1) is 13.8 Å². The smallest absolute Gasteiger partial charge is 0.00853 e. The molecule has 0 amide bonds. The molecule has 1 aliphatic carbocycles. The zero-order valence-electron chi connectivity index (χ0n) is 12.4. The maximum absolute atomic E-state index is 6.39. The first kappa shape index (κ1) is 13.4. The topological polar surface area (TPSA) is 26.0 Å². The summed E-state index contributed by atoms with van der Waals surface area (Å²) in [5.74, 6) is 0.673. The summed E-state index contributed by atoms with van der Waals surface area (Å²) in [6.07, 6.45) is 3.30. The highest BCUT2D eigenvalue weighted by Gasteiger charge is 2.26. The first-order valence-corrected chi connectivity index (χ1v) is 7.53. The highest BCUT2D eigenvalue weighted by Crippen LogP contribution is 2.38. The van der Waals surface area contributed by atoms with Gasteiger partial charge < -0.3 is 5.73 Å². The Balaban J connectivity index is 1.64. The molecule has 0 heterocycles. The van der Waals surface area contributed by atoms with Gasteiger partial charge in [-0.25, -0.2) is 0 Å². The number of nitrogens with two attached hydrogens (primary N) is 1. The SMILES string of the molecule is Cc1ccc(C)c(CC(N)CC2Cc3ccccc32)c1. The molecule has 20 heavy (non-hydrogen) atoms. The lowest BCUT2D eigenvalue weighted by molar-refractivity contribution is 0.484. The molecule has 2 unspecified atom stereocenters. The average Bonchev–Trinajstić information content (AvgIpc) is 2.40. The second-order valence-corrected chi connectivity index (χ2v) is 6.23. The van der Waals surface area contributed by atoms with E-state index in [-0.39, 0.29) is 6.04 Å². The zero-order chi connectivity index (χ0) is 14.1. The summed E-state index contributed by atoms with van der Waals surface area (Å²) in [4.78, 5) is 0. The van der Waals surface area contributed by atoms with E-state index in [1.54, 1.807) is 0 Å². The fourth-order valence-electron chi connectivity index (χ4n) is 3.32. The van der Waals surface area contributed by atoms with Crippen molar-refractivity contribution >= 4 is 0 Å². The van der Waals surface area contributed by atoms with Gasteiger partial charge in [0.1, 0.15) is 0 Å². The predicted octanol–water partition coefficient (Wildman–Crippen LogP) is 3.90. The van der Waals surface area contributed by atoms with E-state index in [1.165, 1.54) is 34.2 Å². The van der Waals surface area contributed by atoms with Crippen LogP contribution >= 0.6 is 0 Å². The molecular formula is C19H23N. The van der Waals surface area contributed by atoms with Gasteiger partial charge in [0, 0.05) is 6.04 Å². The molecular weight excluding hydrogens is 242 g/mol. The molecule has 104 valence electrons. The molecule has 0 fully saturated rings. The van der Waals surface area contributed by atoms with Crippen LogP contribution in [-0.4, -0.2) is 6.04 Å². The third kappa shape index (κ3) is 2.64. The van der Waals surface area contributed by atoms with Gasteiger partial charge in [-0.05, 0) is 61.3 Å². The van der Waals surface area contributed by atoms with Crippen molar-refractivity contribution in [3.63, 3.8) is 0 Å². The molecule has 0 spiro atoms. The fraction of sp³-hybridized carbons (Fsp3) is 0.368. The van der Waals surface area contributed by atoms with Crippen LogP contribution in [0.4, 0.5) is 0 Å². The quantitative estimate of drug-likeness (QED) is 0.891. The molecule has 0 saturated heterocycles. The van der Waals surface area contributed by atoms with Crippen LogP contribution in [0.1, 0.15) is 40.2 Å². The van der Waals surface area contributed by atoms with Gasteiger partial charge in [0.15, 0.2) is 0 Å². The number of fused-ring (bicyclic) bond motifs is 1. The van der Waals surface area contributed by atoms with Gasteiger partial charge in [-0.15, -0.1) is 0 Å². The van der Waals surface area contributed by atoms with Crippen molar-refractivity contribution in [1.29, 1.82) is 0 Å². The van der Waals surface area contributed by atoms with E-state index in [1.807, 2.05) is 0 Å². The van der Waals surface area contributed by atoms with Crippen molar-refractivity contribution in [3.05, 3.63) is 70.3 Å². The Bertz CT molecular complexity index is 615. The number of hydrogen-bond donors (Lipinski definition) is 1. The normalized spacial score (nSPS) is 18.2. The van der Waals surface area contributed by atoms with Crippen LogP contribution in [0.2, 0.25) is 0 Å². The average molecular weight is 265 g/mol. The number of rotatable bonds is 4. The largest absolute Gasteiger partial charge is 0.327 e. The summed E-state index contributed by atoms with van der Waals surface area (Å²) in [6.45, 7) is 4.33. The van der Waals surface area contributed by atoms with Crippen molar-refractivity contribution < 1.29 is 0 Å². The van der Waals surface area contributed by atoms with Gasteiger partial charge in [0.25, 0.3) is 0 Å². The summed E-state index contributed by atoms with van der Waals surface area (Å²) in [5, 5.41) is 0. The minimum absolute atomic E-state index is 0.258. The molecule has 1 heteroatoms. The summed E-state index contributed by atoms with van der Waals surface area (Å²) < 4.78 is 0. The minimum atomic E-state index is 0.258. The van der Waals surface area contributed by atoms with E-state index in [0.29, 0.717) is 5.92 Å². The van der Waals surface area contributed by atoms with Crippen LogP contribution in [0.15, 0.2) is 42.5 Å². The Hall–Kier alpha value is -1.60. The van der Waals surface area contributed by atoms with Crippen molar-refractivity contribution in [2.45, 2.75) is 45.1 Å². The highest BCUT2D eigenvalue weighted by molar-refractivity contribution is 5.40. The third-order valence-electron chi connectivity index (χ3n) is 4.54. The Morgan fingerprint density at radius 2 is 1.95 bits per heavy atom. The first-order valence-electron chi connectivity index (χ1n) is 7.53. The van der Waals surface area contributed by atoms with Crippen LogP contribution in [0.3, 0.4) is 0 Å². The molecule has 1 nitrogen and oxygen atoms in total. The Morgan fingerprint density at radius 1 is 1.15 bits per heavy atom. The van der Waals surface area contributed by atoms with Crippen molar-refractivity contribution in [2.75, 3.05) is 0 Å². The van der Waals surface area contributed by atoms with Crippen molar-refractivity contribution in [1.82, 2.24) is 0 Å². The van der Waals surface area contributed by atoms with Crippen molar-refractivity contribution in [2.24, 2.45) is 5.73 Å². The van der Waals surface area contributed by atoms with Gasteiger partial charge >= 0.3 is 0 Å². The van der Waals surface area contributed by atoms with Gasteiger partial charge in [0.2, 0.25) is 0 Å². The summed E-state index contributed by atoms with van der Waals surface area (Å²) in [6, 6.07) is 15.7. The number of hydrogen-bond acceptors (Lipinski definition) is 1. The Labute approximate surface area is 121 Å². The highest BCUT2D eigenvalue weighted by atomic mass is 14.6. The summed E-state index contributed by atoms with van der Waals surface area (Å²) in [5.41, 5.74) is 13.5. The van der Waals surface area contributed by atoms with Gasteiger partial charge in [-0.1, -0.05) is 48.0 Å². The van der Waals surface area contributed by atoms with E-state index in [2.05, 4.69) is 56.3 Å². The third-order valence-corrected chi connectivity index (χ3v) is 4.54. The van der Waals surface area contributed by atoms with E-state index in [9.17, 15) is 0 Å². The monoisotopic (exact) mass is 265 g/mol. The molecule has 2 N–H and O–H groups in total. The molecule has 2 aromatic carbocycles. The van der Waals surface area contributed by atoms with Gasteiger partial charge in [-0.2, -0.15) is 0 Å². The van der Waals surface area contributed by atoms with Crippen LogP contribution in [-0.2, 0) is 12.8 Å². The molecule has 0 aliphatic heterocycles. The maximum Gasteiger partial charge on any atom is 0.00853 e. The first-order chi connectivity index (χ1) is 9.63. The summed E-state index contributed by atoms with van der Waals surface area (Å²) >= 11 is 0. The lowest BCUT2D eigenvalue weighted by Gasteiger charge is -2.32. The standard InChI is InChI=1S/C19H23N/c1-13-7-8-14(2)16(9-13)11-18(20)12-17-10-15-5-3-4-6-19(15)17/h3-9,17-18H,10-12,20H2,1-2H3. The van der Waals surface area contributed by atoms with E-state index in [4.69, 9.17) is 5.73 Å². The second-order valence-electron chi connectivity index (χ2n) is 6.23. The lowest BCUT2D eigenvalue weighted by Crippen LogP contribution is -2.29. The van der Waals surface area contributed by atoms with E-state index < -0.39 is 0 Å². The van der Waals surface area contributed by atoms with Gasteiger partial charge in [-0.3, -0.25) is 0 Å². The summed E-state index contributed by atoms with van der Waals surface area (Å²) in [7, 11) is 0. The maximum atomic E-state index is 6.39. The fourth-order valence-corrected chi connectivity index (χ4v) is 3.32. The van der Waals surface area contributed by atoms with Crippen LogP contribution < -0.4 is 5.73 Å². The minimum Gasteiger partial charge on any atom is -0.327 e. The molecule has 0 radical (unpaired) electrons. The van der Waals surface area contributed by atoms with Crippen molar-refractivity contribution in [3.8, 4) is 0 Å².